The molecule has 302 valence electrons. The molecule has 0 bridgehead atoms. The molecule has 6 aromatic carbocycles. The zero-order valence-corrected chi connectivity index (χ0v) is 39.2. The van der Waals surface area contributed by atoms with E-state index >= 15 is 0 Å². The van der Waals surface area contributed by atoms with Crippen LogP contribution in [-0.4, -0.2) is 47.9 Å². The summed E-state index contributed by atoms with van der Waals surface area (Å²) in [4.78, 5) is 28.9. The van der Waals surface area contributed by atoms with Crippen molar-refractivity contribution in [3.8, 4) is 0 Å². The number of rotatable bonds is 11. The molecule has 0 radical (unpaired) electrons. The lowest BCUT2D eigenvalue weighted by atomic mass is 9.79. The number of hydrogen-bond acceptors (Lipinski definition) is 8. The summed E-state index contributed by atoms with van der Waals surface area (Å²) in [5.74, 6) is 0. The van der Waals surface area contributed by atoms with E-state index in [4.69, 9.17) is 20.0 Å². The van der Waals surface area contributed by atoms with Crippen molar-refractivity contribution in [2.45, 2.75) is 72.5 Å². The number of benzene rings is 6. The zero-order chi connectivity index (χ0) is 42.3. The average molecular weight is 859 g/mol. The van der Waals surface area contributed by atoms with Crippen molar-refractivity contribution >= 4 is 69.9 Å². The third-order valence-corrected chi connectivity index (χ3v) is 15.1. The van der Waals surface area contributed by atoms with Crippen LogP contribution in [0.25, 0.3) is 0 Å². The van der Waals surface area contributed by atoms with Gasteiger partial charge in [0.05, 0.1) is 22.8 Å². The summed E-state index contributed by atoms with van der Waals surface area (Å²) in [5.41, 5.74) is 13.7. The van der Waals surface area contributed by atoms with Gasteiger partial charge in [-0.2, -0.15) is 0 Å². The maximum atomic E-state index is 6.03. The molecule has 0 fully saturated rings. The quantitative estimate of drug-likeness (QED) is 0.122. The van der Waals surface area contributed by atoms with Crippen LogP contribution in [0.3, 0.4) is 0 Å². The van der Waals surface area contributed by atoms with Crippen LogP contribution < -0.4 is 0 Å². The lowest BCUT2D eigenvalue weighted by Crippen LogP contribution is -2.43. The van der Waals surface area contributed by atoms with Gasteiger partial charge < -0.3 is 0 Å². The molecule has 6 aromatic rings. The molecule has 0 aromatic heterocycles. The average Bonchev–Trinajstić information content (AvgIpc) is 3.90. The molecule has 0 aliphatic carbocycles. The fraction of sp³-hybridized carbons (Fsp3) is 0.231. The molecule has 2 aliphatic rings. The minimum Gasteiger partial charge on any atom is -0.243 e. The Kier molecular flexibility index (Phi) is 12.0. The molecule has 0 saturated carbocycles. The van der Waals surface area contributed by atoms with E-state index in [1.165, 1.54) is 53.0 Å². The summed E-state index contributed by atoms with van der Waals surface area (Å²) in [6, 6.07) is 44.0. The topological polar surface area (TPSA) is 49.4 Å². The summed E-state index contributed by atoms with van der Waals surface area (Å²) in [6.07, 6.45) is 8.44. The highest BCUT2D eigenvalue weighted by Crippen LogP contribution is 2.55. The molecule has 4 nitrogen and oxygen atoms in total. The van der Waals surface area contributed by atoms with Crippen molar-refractivity contribution in [2.24, 2.45) is 20.0 Å². The summed E-state index contributed by atoms with van der Waals surface area (Å²) in [6.45, 7) is 13.2. The molecule has 2 heterocycles. The van der Waals surface area contributed by atoms with Crippen molar-refractivity contribution < 1.29 is 0 Å². The summed E-state index contributed by atoms with van der Waals surface area (Å²) in [5, 5.41) is 0. The second-order valence-corrected chi connectivity index (χ2v) is 19.1. The first-order valence-corrected chi connectivity index (χ1v) is 25.0. The van der Waals surface area contributed by atoms with E-state index in [2.05, 4.69) is 188 Å². The van der Waals surface area contributed by atoms with Crippen LogP contribution in [0.15, 0.2) is 161 Å². The van der Waals surface area contributed by atoms with E-state index in [1.54, 1.807) is 47.0 Å². The van der Waals surface area contributed by atoms with Gasteiger partial charge in [-0.3, -0.25) is 0 Å². The Morgan fingerprint density at radius 1 is 0.317 bits per heavy atom. The lowest BCUT2D eigenvalue weighted by Gasteiger charge is -2.39. The SMILES string of the molecule is CSc1ccc(C2=NC(c3cc(C)c(C)c(C)c3)(C3(c4cc(C)c(C)c(C)c4)N=C(c4ccc(SC)cc4)C(c4ccc(SC)cc4)=N3)N=C2c2ccc(SC)cc2)cc1. The van der Waals surface area contributed by atoms with Crippen molar-refractivity contribution in [2.75, 3.05) is 25.0 Å². The fourth-order valence-corrected chi connectivity index (χ4v) is 9.79. The molecule has 0 N–H and O–H groups in total. The molecular weight excluding hydrogens is 809 g/mol. The summed E-state index contributed by atoms with van der Waals surface area (Å²) < 4.78 is 0. The van der Waals surface area contributed by atoms with E-state index in [1.807, 2.05) is 0 Å². The van der Waals surface area contributed by atoms with E-state index in [-0.39, 0.29) is 0 Å². The minimum atomic E-state index is -1.35. The normalized spacial score (nSPS) is 15.4. The Bertz CT molecular complexity index is 2360. The molecule has 0 spiro atoms. The Morgan fingerprint density at radius 2 is 0.517 bits per heavy atom. The van der Waals surface area contributed by atoms with E-state index in [0.29, 0.717) is 0 Å². The van der Waals surface area contributed by atoms with Gasteiger partial charge in [0, 0.05) is 53.0 Å². The minimum absolute atomic E-state index is 0.824. The lowest BCUT2D eigenvalue weighted by molar-refractivity contribution is 0.256. The maximum Gasteiger partial charge on any atom is 0.226 e. The van der Waals surface area contributed by atoms with E-state index in [9.17, 15) is 0 Å². The first-order valence-electron chi connectivity index (χ1n) is 20.1. The van der Waals surface area contributed by atoms with Gasteiger partial charge in [-0.25, -0.2) is 20.0 Å². The highest BCUT2D eigenvalue weighted by Gasteiger charge is 2.60. The Balaban J connectivity index is 1.56. The first kappa shape index (κ1) is 42.1. The summed E-state index contributed by atoms with van der Waals surface area (Å²) >= 11 is 6.93. The first-order chi connectivity index (χ1) is 28.9. The van der Waals surface area contributed by atoms with Gasteiger partial charge in [-0.15, -0.1) is 47.0 Å². The fourth-order valence-electron chi connectivity index (χ4n) is 8.16. The molecule has 0 saturated heterocycles. The molecule has 0 atom stereocenters. The molecule has 0 unspecified atom stereocenters. The largest absolute Gasteiger partial charge is 0.243 e. The molecule has 8 rings (SSSR count). The van der Waals surface area contributed by atoms with Gasteiger partial charge in [0.15, 0.2) is 0 Å². The second kappa shape index (κ2) is 17.0. The van der Waals surface area contributed by atoms with Crippen LogP contribution >= 0.6 is 47.0 Å². The number of aryl methyl sites for hydroxylation is 4. The van der Waals surface area contributed by atoms with Crippen LogP contribution in [0.2, 0.25) is 0 Å². The Hall–Kier alpha value is -4.60. The van der Waals surface area contributed by atoms with Crippen molar-refractivity contribution in [3.63, 3.8) is 0 Å². The number of hydrogen-bond donors (Lipinski definition) is 0. The molecule has 60 heavy (non-hydrogen) atoms. The van der Waals surface area contributed by atoms with Gasteiger partial charge in [0.2, 0.25) is 11.3 Å². The van der Waals surface area contributed by atoms with E-state index in [0.717, 1.165) is 56.2 Å². The van der Waals surface area contributed by atoms with Crippen molar-refractivity contribution in [3.05, 3.63) is 188 Å². The molecular formula is C52H50N4S4. The number of aliphatic imine (C=N–C) groups is 4. The number of nitrogens with zero attached hydrogens (tertiary/aromatic N) is 4. The third kappa shape index (κ3) is 7.44. The van der Waals surface area contributed by atoms with Gasteiger partial charge in [-0.1, -0.05) is 72.8 Å². The van der Waals surface area contributed by atoms with Gasteiger partial charge in [-0.05, 0) is 148 Å². The van der Waals surface area contributed by atoms with Crippen LogP contribution in [0.1, 0.15) is 66.8 Å². The molecule has 2 aliphatic heterocycles. The van der Waals surface area contributed by atoms with E-state index < -0.39 is 11.3 Å². The van der Waals surface area contributed by atoms with Gasteiger partial charge >= 0.3 is 0 Å². The Labute approximate surface area is 373 Å². The van der Waals surface area contributed by atoms with Crippen LogP contribution in [-0.2, 0) is 11.3 Å². The highest BCUT2D eigenvalue weighted by molar-refractivity contribution is 7.99. The standard InChI is InChI=1S/C52H50N4S4/c1-31-27-41(28-32(2)35(31)5)51(53-47(37-11-19-43(57-7)20-12-37)48(54-51)38-13-21-44(58-8)22-14-38)52(42-29-33(3)36(6)34(4)30-42)55-49(39-15-23-45(59-9)24-16-39)50(56-52)40-17-25-46(60-10)26-18-40/h11-30H,1-10H3. The Morgan fingerprint density at radius 3 is 0.700 bits per heavy atom. The zero-order valence-electron chi connectivity index (χ0n) is 36.0. The predicted molar refractivity (Wildman–Crippen MR) is 264 cm³/mol. The monoisotopic (exact) mass is 858 g/mol. The molecule has 0 amide bonds. The second-order valence-electron chi connectivity index (χ2n) is 15.6. The number of thioether (sulfide) groups is 4. The highest BCUT2D eigenvalue weighted by atomic mass is 32.2. The van der Waals surface area contributed by atoms with Crippen molar-refractivity contribution in [1.29, 1.82) is 0 Å². The smallest absolute Gasteiger partial charge is 0.226 e. The van der Waals surface area contributed by atoms with Crippen LogP contribution in [0.4, 0.5) is 0 Å². The molecule has 8 heteroatoms. The maximum absolute atomic E-state index is 6.03. The third-order valence-electron chi connectivity index (χ3n) is 12.1. The van der Waals surface area contributed by atoms with Crippen LogP contribution in [0, 0.1) is 41.5 Å². The van der Waals surface area contributed by atoms with Gasteiger partial charge in [0.25, 0.3) is 0 Å². The van der Waals surface area contributed by atoms with Crippen LogP contribution in [0.5, 0.6) is 0 Å². The van der Waals surface area contributed by atoms with Gasteiger partial charge in [0.1, 0.15) is 0 Å². The van der Waals surface area contributed by atoms with Crippen molar-refractivity contribution in [1.82, 2.24) is 0 Å². The summed E-state index contributed by atoms with van der Waals surface area (Å²) in [7, 11) is 0. The predicted octanol–water partition coefficient (Wildman–Crippen LogP) is 13.4.